The molecule has 3 aromatic carbocycles. The van der Waals surface area contributed by atoms with Crippen LogP contribution in [0, 0.1) is 18.3 Å². The molecule has 2 fully saturated rings. The number of piperidine rings is 1. The van der Waals surface area contributed by atoms with Crippen molar-refractivity contribution in [3.8, 4) is 17.2 Å². The van der Waals surface area contributed by atoms with Crippen molar-refractivity contribution in [3.63, 3.8) is 0 Å². The number of carbonyl (C=O) groups excluding carboxylic acids is 2. The van der Waals surface area contributed by atoms with Crippen molar-refractivity contribution in [3.05, 3.63) is 83.4 Å². The molecule has 2 heterocycles. The Morgan fingerprint density at radius 2 is 1.67 bits per heavy atom. The Hall–Kier alpha value is -4.15. The molecule has 42 heavy (non-hydrogen) atoms. The van der Waals surface area contributed by atoms with Gasteiger partial charge in [-0.25, -0.2) is 4.79 Å². The van der Waals surface area contributed by atoms with Crippen LogP contribution < -0.4 is 9.80 Å². The number of aldehydes is 1. The summed E-state index contributed by atoms with van der Waals surface area (Å²) in [6.45, 7) is 9.04. The zero-order chi connectivity index (χ0) is 29.7. The van der Waals surface area contributed by atoms with Crippen LogP contribution in [0.2, 0.25) is 0 Å². The minimum atomic E-state index is -0.818. The number of hydrogen-bond acceptors (Lipinski definition) is 5. The molecule has 2 aliphatic rings. The van der Waals surface area contributed by atoms with Crippen LogP contribution in [0.4, 0.5) is 16.2 Å². The molecule has 0 spiro atoms. The Balaban J connectivity index is 1.24. The van der Waals surface area contributed by atoms with Gasteiger partial charge in [0.05, 0.1) is 11.6 Å². The van der Waals surface area contributed by atoms with E-state index in [1.807, 2.05) is 50.2 Å². The summed E-state index contributed by atoms with van der Waals surface area (Å²) >= 11 is 0. The highest BCUT2D eigenvalue weighted by Crippen LogP contribution is 2.32. The van der Waals surface area contributed by atoms with Gasteiger partial charge in [0.25, 0.3) is 0 Å². The number of amides is 2. The molecule has 3 aromatic rings. The quantitative estimate of drug-likeness (QED) is 0.303. The van der Waals surface area contributed by atoms with Crippen LogP contribution in [-0.4, -0.2) is 67.4 Å². The number of aryl methyl sites for hydroxylation is 1. The Labute approximate surface area is 249 Å². The van der Waals surface area contributed by atoms with E-state index >= 15 is 0 Å². The van der Waals surface area contributed by atoms with Gasteiger partial charge < -0.3 is 14.6 Å². The second-order valence-corrected chi connectivity index (χ2v) is 11.6. The van der Waals surface area contributed by atoms with Gasteiger partial charge in [0.2, 0.25) is 0 Å². The lowest BCUT2D eigenvalue weighted by Gasteiger charge is -2.46. The lowest BCUT2D eigenvalue weighted by molar-refractivity contribution is -0.119. The molecular weight excluding hydrogens is 522 g/mol. The van der Waals surface area contributed by atoms with E-state index in [4.69, 9.17) is 0 Å². The summed E-state index contributed by atoms with van der Waals surface area (Å²) in [6.07, 6.45) is 4.77. The first-order chi connectivity index (χ1) is 20.4. The van der Waals surface area contributed by atoms with Crippen LogP contribution in [0.15, 0.2) is 66.7 Å². The van der Waals surface area contributed by atoms with Gasteiger partial charge in [-0.15, -0.1) is 0 Å². The Kier molecular flexibility index (Phi) is 8.94. The largest absolute Gasteiger partial charge is 0.372 e. The molecule has 2 amide bonds. The van der Waals surface area contributed by atoms with Gasteiger partial charge in [0.15, 0.2) is 0 Å². The second kappa shape index (κ2) is 12.8. The first-order valence-electron chi connectivity index (χ1n) is 15.1. The molecule has 0 aliphatic carbocycles. The van der Waals surface area contributed by atoms with Crippen molar-refractivity contribution in [2.45, 2.75) is 51.6 Å². The molecule has 0 radical (unpaired) electrons. The minimum Gasteiger partial charge on any atom is -0.372 e. The molecule has 0 bridgehead atoms. The number of anilines is 2. The molecule has 7 heteroatoms. The van der Waals surface area contributed by atoms with Crippen LogP contribution in [0.25, 0.3) is 11.1 Å². The molecule has 0 saturated carbocycles. The van der Waals surface area contributed by atoms with Gasteiger partial charge in [-0.05, 0) is 98.2 Å². The summed E-state index contributed by atoms with van der Waals surface area (Å²) in [4.78, 5) is 34.8. The summed E-state index contributed by atoms with van der Waals surface area (Å²) in [5.74, 6) is 0. The van der Waals surface area contributed by atoms with Gasteiger partial charge in [-0.3, -0.25) is 9.80 Å². The zero-order valence-corrected chi connectivity index (χ0v) is 25.1. The number of nitrogens with zero attached hydrogens (tertiary/aromatic N) is 5. The average Bonchev–Trinajstić information content (AvgIpc) is 3.57. The van der Waals surface area contributed by atoms with E-state index in [0.717, 1.165) is 61.4 Å². The molecule has 2 saturated heterocycles. The van der Waals surface area contributed by atoms with E-state index in [0.29, 0.717) is 24.9 Å². The lowest BCUT2D eigenvalue weighted by Crippen LogP contribution is -2.60. The van der Waals surface area contributed by atoms with E-state index in [-0.39, 0.29) is 6.03 Å². The maximum absolute atomic E-state index is 13.9. The van der Waals surface area contributed by atoms with Crippen molar-refractivity contribution in [2.75, 3.05) is 49.6 Å². The summed E-state index contributed by atoms with van der Waals surface area (Å²) in [5.41, 5.74) is 6.07. The maximum Gasteiger partial charge on any atom is 0.325 e. The number of benzene rings is 3. The molecule has 0 atom stereocenters. The predicted molar refractivity (Wildman–Crippen MR) is 169 cm³/mol. The molecule has 2 aliphatic heterocycles. The van der Waals surface area contributed by atoms with Crippen LogP contribution >= 0.6 is 0 Å². The molecular formula is C35H41N5O2. The highest BCUT2D eigenvalue weighted by molar-refractivity contribution is 5.95. The van der Waals surface area contributed by atoms with Crippen molar-refractivity contribution in [1.29, 1.82) is 5.26 Å². The number of carbonyl (C=O) groups is 2. The Morgan fingerprint density at radius 1 is 0.976 bits per heavy atom. The van der Waals surface area contributed by atoms with E-state index in [9.17, 15) is 14.9 Å². The molecule has 0 N–H and O–H groups in total. The van der Waals surface area contributed by atoms with E-state index in [2.05, 4.69) is 40.1 Å². The summed E-state index contributed by atoms with van der Waals surface area (Å²) in [7, 11) is 1.78. The van der Waals surface area contributed by atoms with E-state index in [1.165, 1.54) is 24.1 Å². The minimum absolute atomic E-state index is 0.169. The van der Waals surface area contributed by atoms with Crippen LogP contribution in [-0.2, 0) is 11.3 Å². The third-order valence-electron chi connectivity index (χ3n) is 9.01. The smallest absolute Gasteiger partial charge is 0.325 e. The molecule has 7 nitrogen and oxygen atoms in total. The number of likely N-dealkylation sites (N-methyl/N-ethyl adjacent to an activating group) is 1. The first-order valence-corrected chi connectivity index (χ1v) is 15.1. The highest BCUT2D eigenvalue weighted by atomic mass is 16.2. The lowest BCUT2D eigenvalue weighted by atomic mass is 9.86. The van der Waals surface area contributed by atoms with Gasteiger partial charge in [0.1, 0.15) is 11.8 Å². The molecule has 0 aromatic heterocycles. The monoisotopic (exact) mass is 563 g/mol. The Morgan fingerprint density at radius 3 is 2.29 bits per heavy atom. The van der Waals surface area contributed by atoms with Crippen molar-refractivity contribution in [2.24, 2.45) is 0 Å². The third-order valence-corrected chi connectivity index (χ3v) is 9.01. The number of rotatable bonds is 8. The van der Waals surface area contributed by atoms with Gasteiger partial charge in [0, 0.05) is 57.7 Å². The first kappa shape index (κ1) is 29.3. The number of nitriles is 1. The van der Waals surface area contributed by atoms with Gasteiger partial charge in [-0.2, -0.15) is 5.26 Å². The predicted octanol–water partition coefficient (Wildman–Crippen LogP) is 6.25. The van der Waals surface area contributed by atoms with Gasteiger partial charge in [-0.1, -0.05) is 30.3 Å². The number of likely N-dealkylation sites (tertiary alicyclic amines) is 1. The SMILES string of the molecule is CCN(C(=O)N(C)c1ccc(-c2cccc(C#N)c2)cc1C)C1(C=O)CCN(Cc2ccc(N3CCCC3)cc2)CC1. The van der Waals surface area contributed by atoms with Crippen molar-refractivity contribution >= 4 is 23.7 Å². The summed E-state index contributed by atoms with van der Waals surface area (Å²) in [6, 6.07) is 24.4. The van der Waals surface area contributed by atoms with Crippen LogP contribution in [0.3, 0.4) is 0 Å². The fourth-order valence-corrected chi connectivity index (χ4v) is 6.50. The van der Waals surface area contributed by atoms with Crippen LogP contribution in [0.5, 0.6) is 0 Å². The number of hydrogen-bond donors (Lipinski definition) is 0. The zero-order valence-electron chi connectivity index (χ0n) is 25.1. The standard InChI is InChI=1S/C35H41N5O2/c1-4-40(34(42)37(3)33-15-12-31(22-27(33)2)30-9-7-8-29(23-30)24-36)35(26-41)16-20-38(21-17-35)25-28-10-13-32(14-11-28)39-18-5-6-19-39/h7-15,22-23,26H,4-6,16-21,25H2,1-3H3. The normalized spacial score (nSPS) is 16.6. The maximum atomic E-state index is 13.9. The average molecular weight is 564 g/mol. The fraction of sp³-hybridized carbons (Fsp3) is 0.400. The topological polar surface area (TPSA) is 70.9 Å². The summed E-state index contributed by atoms with van der Waals surface area (Å²) < 4.78 is 0. The van der Waals surface area contributed by atoms with E-state index < -0.39 is 5.54 Å². The van der Waals surface area contributed by atoms with Crippen LogP contribution in [0.1, 0.15) is 49.3 Å². The second-order valence-electron chi connectivity index (χ2n) is 11.6. The van der Waals surface area contributed by atoms with Gasteiger partial charge >= 0.3 is 6.03 Å². The number of urea groups is 1. The van der Waals surface area contributed by atoms with Crippen molar-refractivity contribution < 1.29 is 9.59 Å². The van der Waals surface area contributed by atoms with E-state index in [1.54, 1.807) is 22.9 Å². The fourth-order valence-electron chi connectivity index (χ4n) is 6.50. The summed E-state index contributed by atoms with van der Waals surface area (Å²) in [5, 5.41) is 9.26. The Bertz CT molecular complexity index is 1450. The highest BCUT2D eigenvalue weighted by Gasteiger charge is 2.43. The van der Waals surface area contributed by atoms with Crippen molar-refractivity contribution in [1.82, 2.24) is 9.80 Å². The molecule has 5 rings (SSSR count). The molecule has 0 unspecified atom stereocenters. The molecule has 218 valence electrons. The third kappa shape index (κ3) is 6.05.